The second kappa shape index (κ2) is 13.0. The fourth-order valence-corrected chi connectivity index (χ4v) is 4.48. The summed E-state index contributed by atoms with van der Waals surface area (Å²) in [5.41, 5.74) is 3.33. The van der Waals surface area contributed by atoms with Crippen molar-refractivity contribution in [3.8, 4) is 11.5 Å². The topological polar surface area (TPSA) is 85.3 Å². The quantitative estimate of drug-likeness (QED) is 0.260. The third-order valence-electron chi connectivity index (χ3n) is 6.11. The van der Waals surface area contributed by atoms with Gasteiger partial charge in [0.2, 0.25) is 0 Å². The lowest BCUT2D eigenvalue weighted by Crippen LogP contribution is -2.31. The number of unbranched alkanes of at least 4 members (excludes halogenated alkanes) is 1. The van der Waals surface area contributed by atoms with Gasteiger partial charge in [0.25, 0.3) is 0 Å². The Hall–Kier alpha value is -3.06. The number of carbonyl (C=O) groups is 2. The van der Waals surface area contributed by atoms with Crippen LogP contribution in [0.2, 0.25) is 0 Å². The fourth-order valence-electron chi connectivity index (χ4n) is 4.48. The first kappa shape index (κ1) is 25.6. The van der Waals surface area contributed by atoms with Gasteiger partial charge in [-0.25, -0.2) is 4.79 Å². The van der Waals surface area contributed by atoms with Gasteiger partial charge in [0.1, 0.15) is 11.5 Å². The van der Waals surface area contributed by atoms with Crippen LogP contribution >= 0.6 is 0 Å². The summed E-state index contributed by atoms with van der Waals surface area (Å²) in [5, 5.41) is 10.2. The molecule has 0 bridgehead atoms. The molecule has 0 saturated heterocycles. The minimum Gasteiger partial charge on any atom is -0.508 e. The Labute approximate surface area is 201 Å². The van der Waals surface area contributed by atoms with Crippen LogP contribution in [0.15, 0.2) is 42.5 Å². The van der Waals surface area contributed by atoms with Crippen molar-refractivity contribution < 1.29 is 28.9 Å². The molecule has 0 spiro atoms. The zero-order valence-electron chi connectivity index (χ0n) is 20.1. The predicted molar refractivity (Wildman–Crippen MR) is 129 cm³/mol. The number of aryl methyl sites for hydroxylation is 1. The zero-order valence-corrected chi connectivity index (χ0v) is 20.1. The normalized spacial score (nSPS) is 14.6. The lowest BCUT2D eigenvalue weighted by atomic mass is 10.0. The SMILES string of the molecule is CCOC(=O)CCCCN(CCc1ccccc1O)C1CCc2cc(OC(=O)OCC)ccc21. The maximum Gasteiger partial charge on any atom is 0.513 e. The lowest BCUT2D eigenvalue weighted by Gasteiger charge is -2.30. The van der Waals surface area contributed by atoms with E-state index in [0.29, 0.717) is 24.5 Å². The van der Waals surface area contributed by atoms with Gasteiger partial charge in [0.15, 0.2) is 0 Å². The molecular formula is C27H35NO6. The molecule has 3 rings (SSSR count). The Morgan fingerprint density at radius 3 is 2.59 bits per heavy atom. The van der Waals surface area contributed by atoms with Gasteiger partial charge in [-0.1, -0.05) is 24.3 Å². The first-order valence-corrected chi connectivity index (χ1v) is 12.2. The van der Waals surface area contributed by atoms with Crippen LogP contribution in [-0.4, -0.2) is 48.4 Å². The van der Waals surface area contributed by atoms with E-state index in [0.717, 1.165) is 50.8 Å². The van der Waals surface area contributed by atoms with Crippen LogP contribution in [-0.2, 0) is 27.1 Å². The van der Waals surface area contributed by atoms with E-state index in [9.17, 15) is 14.7 Å². The van der Waals surface area contributed by atoms with Crippen molar-refractivity contribution >= 4 is 12.1 Å². The van der Waals surface area contributed by atoms with Gasteiger partial charge < -0.3 is 19.3 Å². The van der Waals surface area contributed by atoms with Crippen molar-refractivity contribution in [1.29, 1.82) is 0 Å². The van der Waals surface area contributed by atoms with Crippen molar-refractivity contribution in [2.75, 3.05) is 26.3 Å². The number of esters is 1. The highest BCUT2D eigenvalue weighted by molar-refractivity contribution is 5.69. The average Bonchev–Trinajstić information content (AvgIpc) is 3.23. The summed E-state index contributed by atoms with van der Waals surface area (Å²) in [6, 6.07) is 13.5. The van der Waals surface area contributed by atoms with Gasteiger partial charge in [-0.3, -0.25) is 9.69 Å². The van der Waals surface area contributed by atoms with Crippen LogP contribution in [0.4, 0.5) is 4.79 Å². The molecule has 0 saturated carbocycles. The van der Waals surface area contributed by atoms with Crippen LogP contribution < -0.4 is 4.74 Å². The number of para-hydroxylation sites is 1. The summed E-state index contributed by atoms with van der Waals surface area (Å²) >= 11 is 0. The monoisotopic (exact) mass is 469 g/mol. The van der Waals surface area contributed by atoms with Crippen molar-refractivity contribution in [3.05, 3.63) is 59.2 Å². The molecular weight excluding hydrogens is 434 g/mol. The van der Waals surface area contributed by atoms with E-state index in [-0.39, 0.29) is 18.6 Å². The average molecular weight is 470 g/mol. The number of carbonyl (C=O) groups excluding carboxylic acids is 2. The predicted octanol–water partition coefficient (Wildman–Crippen LogP) is 5.19. The van der Waals surface area contributed by atoms with E-state index in [1.165, 1.54) is 11.1 Å². The Morgan fingerprint density at radius 2 is 1.82 bits per heavy atom. The molecule has 0 fully saturated rings. The first-order valence-electron chi connectivity index (χ1n) is 12.2. The Kier molecular flexibility index (Phi) is 9.76. The third-order valence-corrected chi connectivity index (χ3v) is 6.11. The van der Waals surface area contributed by atoms with E-state index in [1.54, 1.807) is 13.0 Å². The smallest absolute Gasteiger partial charge is 0.508 e. The summed E-state index contributed by atoms with van der Waals surface area (Å²) in [4.78, 5) is 25.8. The lowest BCUT2D eigenvalue weighted by molar-refractivity contribution is -0.143. The van der Waals surface area contributed by atoms with Crippen LogP contribution in [0.5, 0.6) is 11.5 Å². The standard InChI is InChI=1S/C27H35NO6/c1-3-32-26(30)11-7-8-17-28(18-16-20-9-5-6-10-25(20)29)24-15-12-21-19-22(13-14-23(21)24)34-27(31)33-4-2/h5-6,9-10,13-14,19,24,29H,3-4,7-8,11-12,15-18H2,1-2H3. The first-order chi connectivity index (χ1) is 16.5. The Morgan fingerprint density at radius 1 is 1.03 bits per heavy atom. The van der Waals surface area contributed by atoms with E-state index in [2.05, 4.69) is 4.90 Å². The van der Waals surface area contributed by atoms with Crippen molar-refractivity contribution in [1.82, 2.24) is 4.90 Å². The summed E-state index contributed by atoms with van der Waals surface area (Å²) < 4.78 is 15.2. The minimum atomic E-state index is -0.692. The summed E-state index contributed by atoms with van der Waals surface area (Å²) in [6.07, 6.45) is 4.00. The van der Waals surface area contributed by atoms with Crippen LogP contribution in [0.25, 0.3) is 0 Å². The molecule has 0 aromatic heterocycles. The van der Waals surface area contributed by atoms with E-state index in [1.807, 2.05) is 43.3 Å². The molecule has 1 aliphatic carbocycles. The molecule has 2 aromatic carbocycles. The largest absolute Gasteiger partial charge is 0.513 e. The molecule has 1 aliphatic rings. The maximum absolute atomic E-state index is 11.7. The van der Waals surface area contributed by atoms with Gasteiger partial charge in [0, 0.05) is 19.0 Å². The molecule has 0 radical (unpaired) electrons. The van der Waals surface area contributed by atoms with Crippen molar-refractivity contribution in [2.24, 2.45) is 0 Å². The fraction of sp³-hybridized carbons (Fsp3) is 0.481. The number of ether oxygens (including phenoxy) is 3. The summed E-state index contributed by atoms with van der Waals surface area (Å²) in [7, 11) is 0. The number of phenols is 1. The van der Waals surface area contributed by atoms with Crippen molar-refractivity contribution in [2.45, 2.75) is 58.4 Å². The number of rotatable bonds is 12. The molecule has 1 unspecified atom stereocenters. The molecule has 7 heteroatoms. The highest BCUT2D eigenvalue weighted by Gasteiger charge is 2.28. The van der Waals surface area contributed by atoms with Gasteiger partial charge in [0.05, 0.1) is 13.2 Å². The van der Waals surface area contributed by atoms with Crippen molar-refractivity contribution in [3.63, 3.8) is 0 Å². The second-order valence-electron chi connectivity index (χ2n) is 8.38. The van der Waals surface area contributed by atoms with Crippen LogP contribution in [0, 0.1) is 0 Å². The number of hydrogen-bond donors (Lipinski definition) is 1. The molecule has 184 valence electrons. The van der Waals surface area contributed by atoms with Crippen LogP contribution in [0.1, 0.15) is 62.3 Å². The number of nitrogens with zero attached hydrogens (tertiary/aromatic N) is 1. The maximum atomic E-state index is 11.7. The Balaban J connectivity index is 1.68. The molecule has 1 atom stereocenters. The highest BCUT2D eigenvalue weighted by Crippen LogP contribution is 2.38. The molecule has 0 amide bonds. The van der Waals surface area contributed by atoms with Gasteiger partial charge in [-0.15, -0.1) is 0 Å². The molecule has 0 aliphatic heterocycles. The van der Waals surface area contributed by atoms with Gasteiger partial charge in [-0.05, 0) is 87.4 Å². The van der Waals surface area contributed by atoms with E-state index in [4.69, 9.17) is 14.2 Å². The number of fused-ring (bicyclic) bond motifs is 1. The summed E-state index contributed by atoms with van der Waals surface area (Å²) in [5.74, 6) is 0.661. The summed E-state index contributed by atoms with van der Waals surface area (Å²) in [6.45, 7) is 5.88. The van der Waals surface area contributed by atoms with E-state index >= 15 is 0 Å². The number of hydrogen-bond acceptors (Lipinski definition) is 7. The van der Waals surface area contributed by atoms with Gasteiger partial charge >= 0.3 is 12.1 Å². The second-order valence-corrected chi connectivity index (χ2v) is 8.38. The minimum absolute atomic E-state index is 0.149. The number of phenolic OH excluding ortho intramolecular Hbond substituents is 1. The number of benzene rings is 2. The molecule has 2 aromatic rings. The number of aromatic hydroxyl groups is 1. The van der Waals surface area contributed by atoms with Gasteiger partial charge in [-0.2, -0.15) is 0 Å². The molecule has 34 heavy (non-hydrogen) atoms. The molecule has 7 nitrogen and oxygen atoms in total. The third kappa shape index (κ3) is 7.22. The molecule has 1 N–H and O–H groups in total. The molecule has 0 heterocycles. The zero-order chi connectivity index (χ0) is 24.3. The van der Waals surface area contributed by atoms with E-state index < -0.39 is 6.16 Å². The van der Waals surface area contributed by atoms with Crippen LogP contribution in [0.3, 0.4) is 0 Å². The highest BCUT2D eigenvalue weighted by atomic mass is 16.7. The Bertz CT molecular complexity index is 960.